The topological polar surface area (TPSA) is 54.0 Å². The smallest absolute Gasteiger partial charge is 0.395 e. The molecule has 1 aliphatic heterocycles. The number of hydrogen-bond donors (Lipinski definition) is 1. The number of rotatable bonds is 7. The number of alkyl halides is 2. The zero-order valence-electron chi connectivity index (χ0n) is 19.0. The lowest BCUT2D eigenvalue weighted by molar-refractivity contribution is -0.286. The molecular formula is C23H31F2N3O3. The molecule has 1 amide bonds. The number of hydrazine groups is 1. The summed E-state index contributed by atoms with van der Waals surface area (Å²) in [6, 6.07) is 4.57. The second-order valence-electron chi connectivity index (χ2n) is 9.29. The molecule has 0 radical (unpaired) electrons. The van der Waals surface area contributed by atoms with E-state index in [1.54, 1.807) is 12.1 Å². The van der Waals surface area contributed by atoms with Gasteiger partial charge in [0.05, 0.1) is 5.41 Å². The zero-order valence-corrected chi connectivity index (χ0v) is 19.0. The molecule has 1 aliphatic carbocycles. The van der Waals surface area contributed by atoms with Crippen molar-refractivity contribution in [2.45, 2.75) is 58.4 Å². The minimum atomic E-state index is -3.68. The molecule has 170 valence electrons. The Bertz CT molecular complexity index is 902. The molecule has 1 N–H and O–H groups in total. The minimum Gasteiger partial charge on any atom is -0.395 e. The zero-order chi connectivity index (χ0) is 23.2. The van der Waals surface area contributed by atoms with Gasteiger partial charge in [0.15, 0.2) is 11.5 Å². The fourth-order valence-electron chi connectivity index (χ4n) is 3.96. The summed E-state index contributed by atoms with van der Waals surface area (Å²) in [5.41, 5.74) is 0.700. The number of carbonyl (C=O) groups is 1. The third kappa shape index (κ3) is 4.54. The second kappa shape index (κ2) is 7.82. The first-order valence-corrected chi connectivity index (χ1v) is 10.3. The van der Waals surface area contributed by atoms with Crippen LogP contribution in [0.2, 0.25) is 0 Å². The van der Waals surface area contributed by atoms with Crippen LogP contribution in [0.1, 0.15) is 46.1 Å². The predicted molar refractivity (Wildman–Crippen MR) is 114 cm³/mol. The van der Waals surface area contributed by atoms with Gasteiger partial charge in [0, 0.05) is 25.2 Å². The molecule has 0 saturated heterocycles. The molecule has 31 heavy (non-hydrogen) atoms. The highest BCUT2D eigenvalue weighted by Crippen LogP contribution is 2.52. The summed E-state index contributed by atoms with van der Waals surface area (Å²) in [6.07, 6.45) is 0.922. The van der Waals surface area contributed by atoms with Gasteiger partial charge in [-0.05, 0) is 43.5 Å². The van der Waals surface area contributed by atoms with Crippen LogP contribution in [-0.2, 0) is 10.2 Å². The first-order valence-electron chi connectivity index (χ1n) is 10.3. The number of carbonyl (C=O) groups excluding carboxylic acids is 1. The quantitative estimate of drug-likeness (QED) is 0.391. The van der Waals surface area contributed by atoms with Crippen LogP contribution in [-0.4, -0.2) is 42.5 Å². The van der Waals surface area contributed by atoms with Crippen molar-refractivity contribution in [1.29, 1.82) is 0 Å². The van der Waals surface area contributed by atoms with Gasteiger partial charge in [0.25, 0.3) is 0 Å². The summed E-state index contributed by atoms with van der Waals surface area (Å²) in [6.45, 7) is 12.0. The number of hydrogen-bond acceptors (Lipinski definition) is 5. The lowest BCUT2D eigenvalue weighted by atomic mass is 9.90. The number of halogens is 2. The van der Waals surface area contributed by atoms with Gasteiger partial charge in [-0.25, -0.2) is 5.01 Å². The average Bonchev–Trinajstić information content (AvgIpc) is 3.37. The number of nitrogens with one attached hydrogen (secondary N) is 1. The Morgan fingerprint density at radius 1 is 1.23 bits per heavy atom. The molecule has 1 fully saturated rings. The maximum atomic E-state index is 13.4. The highest BCUT2D eigenvalue weighted by atomic mass is 19.3. The van der Waals surface area contributed by atoms with Gasteiger partial charge >= 0.3 is 6.29 Å². The molecule has 8 heteroatoms. The standard InChI is InChI=1S/C23H31F2N3O3/c1-8-9-19(21(3,4)5)28(27(6)7)15(2)26-20(29)22(12-13-22)16-10-11-17-18(14-16)31-23(24,25)30-17/h8-11,14-15H,1,12-13H2,2-7H3,(H,26,29)/b19-9-. The van der Waals surface area contributed by atoms with Crippen LogP contribution < -0.4 is 14.8 Å². The fraction of sp³-hybridized carbons (Fsp3) is 0.522. The van der Waals surface area contributed by atoms with E-state index >= 15 is 0 Å². The molecule has 1 atom stereocenters. The van der Waals surface area contributed by atoms with E-state index in [9.17, 15) is 13.6 Å². The van der Waals surface area contributed by atoms with Crippen molar-refractivity contribution in [3.63, 3.8) is 0 Å². The van der Waals surface area contributed by atoms with Crippen LogP contribution in [0.3, 0.4) is 0 Å². The Kier molecular flexibility index (Phi) is 5.82. The van der Waals surface area contributed by atoms with E-state index in [0.29, 0.717) is 18.4 Å². The Morgan fingerprint density at radius 2 is 1.84 bits per heavy atom. The lowest BCUT2D eigenvalue weighted by Crippen LogP contribution is -2.55. The molecule has 0 aromatic heterocycles. The molecule has 1 aromatic rings. The third-order valence-electron chi connectivity index (χ3n) is 5.57. The molecule has 0 spiro atoms. The number of allylic oxidation sites excluding steroid dienone is 3. The molecule has 1 unspecified atom stereocenters. The Labute approximate surface area is 182 Å². The number of benzene rings is 1. The predicted octanol–water partition coefficient (Wildman–Crippen LogP) is 4.40. The van der Waals surface area contributed by atoms with Crippen molar-refractivity contribution in [2.24, 2.45) is 5.41 Å². The molecule has 6 nitrogen and oxygen atoms in total. The summed E-state index contributed by atoms with van der Waals surface area (Å²) < 4.78 is 35.8. The Balaban J connectivity index is 1.82. The van der Waals surface area contributed by atoms with Gasteiger partial charge in [0.1, 0.15) is 6.17 Å². The first kappa shape index (κ1) is 23.1. The highest BCUT2D eigenvalue weighted by Gasteiger charge is 2.53. The van der Waals surface area contributed by atoms with E-state index in [1.165, 1.54) is 12.1 Å². The Hall–Kier alpha value is -2.61. The number of fused-ring (bicyclic) bond motifs is 1. The fourth-order valence-corrected chi connectivity index (χ4v) is 3.96. The van der Waals surface area contributed by atoms with Crippen LogP contribution in [0.4, 0.5) is 8.78 Å². The highest BCUT2D eigenvalue weighted by molar-refractivity contribution is 5.91. The van der Waals surface area contributed by atoms with Crippen LogP contribution in [0.5, 0.6) is 11.5 Å². The van der Waals surface area contributed by atoms with Crippen LogP contribution in [0.15, 0.2) is 42.6 Å². The monoisotopic (exact) mass is 435 g/mol. The number of nitrogens with zero attached hydrogens (tertiary/aromatic N) is 2. The number of amides is 1. The normalized spacial score (nSPS) is 19.7. The third-order valence-corrected chi connectivity index (χ3v) is 5.57. The van der Waals surface area contributed by atoms with E-state index in [2.05, 4.69) is 42.1 Å². The maximum absolute atomic E-state index is 13.4. The van der Waals surface area contributed by atoms with Crippen molar-refractivity contribution in [3.8, 4) is 11.5 Å². The molecule has 0 bridgehead atoms. The van der Waals surface area contributed by atoms with Crippen molar-refractivity contribution < 1.29 is 23.0 Å². The molecular weight excluding hydrogens is 404 g/mol. The Morgan fingerprint density at radius 3 is 2.35 bits per heavy atom. The summed E-state index contributed by atoms with van der Waals surface area (Å²) in [7, 11) is 3.83. The molecule has 2 aliphatic rings. The van der Waals surface area contributed by atoms with E-state index in [0.717, 1.165) is 5.70 Å². The summed E-state index contributed by atoms with van der Waals surface area (Å²) in [5.74, 6) is -0.223. The lowest BCUT2D eigenvalue weighted by Gasteiger charge is -2.43. The van der Waals surface area contributed by atoms with Gasteiger partial charge < -0.3 is 14.8 Å². The van der Waals surface area contributed by atoms with Gasteiger partial charge in [-0.2, -0.15) is 0 Å². The van der Waals surface area contributed by atoms with Crippen molar-refractivity contribution >= 4 is 5.91 Å². The van der Waals surface area contributed by atoms with Crippen LogP contribution in [0, 0.1) is 5.41 Å². The van der Waals surface area contributed by atoms with E-state index in [1.807, 2.05) is 37.1 Å². The second-order valence-corrected chi connectivity index (χ2v) is 9.29. The van der Waals surface area contributed by atoms with E-state index in [4.69, 9.17) is 0 Å². The first-order chi connectivity index (χ1) is 14.3. The molecule has 1 saturated carbocycles. The molecule has 1 heterocycles. The van der Waals surface area contributed by atoms with Crippen molar-refractivity contribution in [3.05, 3.63) is 48.2 Å². The van der Waals surface area contributed by atoms with Crippen LogP contribution in [0.25, 0.3) is 0 Å². The van der Waals surface area contributed by atoms with Crippen molar-refractivity contribution in [2.75, 3.05) is 14.1 Å². The van der Waals surface area contributed by atoms with Gasteiger partial charge in [-0.1, -0.05) is 39.5 Å². The number of ether oxygens (including phenoxy) is 2. The van der Waals surface area contributed by atoms with Crippen molar-refractivity contribution in [1.82, 2.24) is 15.3 Å². The molecule has 3 rings (SSSR count). The van der Waals surface area contributed by atoms with Gasteiger partial charge in [-0.3, -0.25) is 9.80 Å². The van der Waals surface area contributed by atoms with Gasteiger partial charge in [0.2, 0.25) is 5.91 Å². The van der Waals surface area contributed by atoms with E-state index < -0.39 is 11.7 Å². The average molecular weight is 436 g/mol. The molecule has 1 aromatic carbocycles. The van der Waals surface area contributed by atoms with Crippen LogP contribution >= 0.6 is 0 Å². The van der Waals surface area contributed by atoms with Gasteiger partial charge in [-0.15, -0.1) is 8.78 Å². The summed E-state index contributed by atoms with van der Waals surface area (Å²) in [4.78, 5) is 13.3. The largest absolute Gasteiger partial charge is 0.586 e. The maximum Gasteiger partial charge on any atom is 0.586 e. The summed E-state index contributed by atoms with van der Waals surface area (Å²) in [5, 5.41) is 7.04. The summed E-state index contributed by atoms with van der Waals surface area (Å²) >= 11 is 0. The van der Waals surface area contributed by atoms with E-state index in [-0.39, 0.29) is 29.0 Å². The SMILES string of the molecule is C=C/C=C(\N(C(C)NC(=O)C1(c2ccc3c(c2)OC(F)(F)O3)CC1)N(C)C)C(C)(C)C. The minimum absolute atomic E-state index is 0.0264.